The second-order valence-corrected chi connectivity index (χ2v) is 5.83. The Hall–Kier alpha value is -2.51. The summed E-state index contributed by atoms with van der Waals surface area (Å²) in [5.41, 5.74) is 0.372. The van der Waals surface area contributed by atoms with Crippen molar-refractivity contribution in [2.75, 3.05) is 6.54 Å². The highest BCUT2D eigenvalue weighted by atomic mass is 16.2. The molecule has 0 radical (unpaired) electrons. The van der Waals surface area contributed by atoms with E-state index in [0.717, 1.165) is 0 Å². The van der Waals surface area contributed by atoms with Crippen molar-refractivity contribution in [2.45, 2.75) is 39.8 Å². The van der Waals surface area contributed by atoms with Crippen LogP contribution >= 0.6 is 0 Å². The molecule has 0 fully saturated rings. The predicted octanol–water partition coefficient (Wildman–Crippen LogP) is 0.558. The molecule has 0 N–H and O–H groups in total. The molecule has 1 amide bonds. The van der Waals surface area contributed by atoms with Crippen LogP contribution in [0.15, 0.2) is 17.4 Å². The summed E-state index contributed by atoms with van der Waals surface area (Å²) in [5.74, 6) is 0.235. The molecule has 116 valence electrons. The van der Waals surface area contributed by atoms with Crippen LogP contribution in [0.1, 0.15) is 42.9 Å². The first-order valence-corrected chi connectivity index (χ1v) is 7.21. The summed E-state index contributed by atoms with van der Waals surface area (Å²) in [6.45, 7) is 8.16. The fourth-order valence-electron chi connectivity index (χ4n) is 2.81. The summed E-state index contributed by atoms with van der Waals surface area (Å²) in [6.07, 6.45) is 2.94. The van der Waals surface area contributed by atoms with E-state index in [-0.39, 0.29) is 18.0 Å². The number of hydrogen-bond acceptors (Lipinski definition) is 5. The molecule has 0 spiro atoms. The second-order valence-electron chi connectivity index (χ2n) is 5.83. The van der Waals surface area contributed by atoms with Gasteiger partial charge in [0.1, 0.15) is 18.3 Å². The predicted molar refractivity (Wildman–Crippen MR) is 79.0 cm³/mol. The average Bonchev–Trinajstić information content (AvgIpc) is 2.99. The Balaban J connectivity index is 2.30. The number of aromatic nitrogens is 5. The maximum Gasteiger partial charge on any atom is 0.278 e. The van der Waals surface area contributed by atoms with Gasteiger partial charge >= 0.3 is 0 Å². The molecule has 8 heteroatoms. The van der Waals surface area contributed by atoms with Crippen molar-refractivity contribution in [3.63, 3.8) is 0 Å². The normalized spacial score (nSPS) is 18.0. The molecule has 1 atom stereocenters. The van der Waals surface area contributed by atoms with Gasteiger partial charge in [0, 0.05) is 18.2 Å². The van der Waals surface area contributed by atoms with Crippen LogP contribution < -0.4 is 5.56 Å². The Kier molecular flexibility index (Phi) is 3.31. The van der Waals surface area contributed by atoms with Gasteiger partial charge in [0.2, 0.25) is 5.95 Å². The summed E-state index contributed by atoms with van der Waals surface area (Å²) in [6, 6.07) is 0.0732. The summed E-state index contributed by atoms with van der Waals surface area (Å²) >= 11 is 0. The van der Waals surface area contributed by atoms with Gasteiger partial charge in [-0.1, -0.05) is 0 Å². The molecule has 0 aliphatic carbocycles. The zero-order valence-electron chi connectivity index (χ0n) is 13.0. The molecule has 1 aliphatic heterocycles. The van der Waals surface area contributed by atoms with Gasteiger partial charge in [-0.2, -0.15) is 4.98 Å². The van der Waals surface area contributed by atoms with Gasteiger partial charge in [-0.3, -0.25) is 14.2 Å². The van der Waals surface area contributed by atoms with Crippen LogP contribution in [-0.2, 0) is 0 Å². The molecular formula is C14H18N6O2. The molecule has 8 nitrogen and oxygen atoms in total. The lowest BCUT2D eigenvalue weighted by Gasteiger charge is -2.38. The van der Waals surface area contributed by atoms with E-state index in [1.54, 1.807) is 21.0 Å². The molecule has 3 heterocycles. The van der Waals surface area contributed by atoms with Crippen LogP contribution in [0.5, 0.6) is 0 Å². The number of amides is 1. The second kappa shape index (κ2) is 5.04. The minimum Gasteiger partial charge on any atom is -0.333 e. The fourth-order valence-corrected chi connectivity index (χ4v) is 2.81. The molecule has 2 aromatic heterocycles. The van der Waals surface area contributed by atoms with E-state index in [1.165, 1.54) is 12.7 Å². The smallest absolute Gasteiger partial charge is 0.278 e. The van der Waals surface area contributed by atoms with Crippen molar-refractivity contribution >= 4 is 5.91 Å². The quantitative estimate of drug-likeness (QED) is 0.809. The van der Waals surface area contributed by atoms with Crippen molar-refractivity contribution in [1.29, 1.82) is 0 Å². The highest BCUT2D eigenvalue weighted by Gasteiger charge is 2.34. The molecule has 2 aromatic rings. The highest BCUT2D eigenvalue weighted by molar-refractivity contribution is 5.95. The molecule has 0 bridgehead atoms. The lowest BCUT2D eigenvalue weighted by Crippen LogP contribution is -2.48. The van der Waals surface area contributed by atoms with Crippen LogP contribution in [0.2, 0.25) is 0 Å². The van der Waals surface area contributed by atoms with Crippen molar-refractivity contribution < 1.29 is 4.79 Å². The first-order valence-electron chi connectivity index (χ1n) is 7.21. The third-order valence-corrected chi connectivity index (χ3v) is 3.97. The minimum atomic E-state index is -0.402. The van der Waals surface area contributed by atoms with Gasteiger partial charge in [-0.05, 0) is 27.7 Å². The van der Waals surface area contributed by atoms with E-state index < -0.39 is 5.56 Å². The maximum atomic E-state index is 12.8. The van der Waals surface area contributed by atoms with Crippen molar-refractivity contribution in [3.8, 4) is 5.95 Å². The van der Waals surface area contributed by atoms with Gasteiger partial charge in [-0.15, -0.1) is 10.2 Å². The van der Waals surface area contributed by atoms with Gasteiger partial charge in [0.25, 0.3) is 11.5 Å². The Labute approximate surface area is 127 Å². The van der Waals surface area contributed by atoms with Crippen molar-refractivity contribution in [1.82, 2.24) is 29.2 Å². The van der Waals surface area contributed by atoms with Crippen LogP contribution in [0, 0.1) is 6.92 Å². The Morgan fingerprint density at radius 1 is 1.23 bits per heavy atom. The van der Waals surface area contributed by atoms with Gasteiger partial charge < -0.3 is 9.47 Å². The van der Waals surface area contributed by atoms with Crippen molar-refractivity contribution in [2.24, 2.45) is 0 Å². The standard InChI is InChI=1S/C14H18N6O2/c1-8(2)19-5-9(3)20-11(13(19)22)10(4)12(21)17-14(20)18-6-15-16-7-18/h6-9H,5H2,1-4H3/t9-/m0/s1. The Morgan fingerprint density at radius 3 is 2.45 bits per heavy atom. The third kappa shape index (κ3) is 2.02. The summed E-state index contributed by atoms with van der Waals surface area (Å²) in [5, 5.41) is 7.50. The number of fused-ring (bicyclic) bond motifs is 1. The lowest BCUT2D eigenvalue weighted by atomic mass is 10.1. The van der Waals surface area contributed by atoms with Crippen LogP contribution in [0.25, 0.3) is 5.95 Å². The fraction of sp³-hybridized carbons (Fsp3) is 0.500. The van der Waals surface area contributed by atoms with E-state index in [2.05, 4.69) is 15.2 Å². The Bertz CT molecular complexity index is 777. The molecule has 22 heavy (non-hydrogen) atoms. The number of carbonyl (C=O) groups is 1. The minimum absolute atomic E-state index is 0.000648. The molecule has 1 aliphatic rings. The zero-order valence-corrected chi connectivity index (χ0v) is 13.0. The summed E-state index contributed by atoms with van der Waals surface area (Å²) < 4.78 is 3.36. The molecule has 0 saturated heterocycles. The SMILES string of the molecule is Cc1c2n(c(-n3cnnc3)nc1=O)[C@@H](C)CN(C(C)C)C2=O. The van der Waals surface area contributed by atoms with Crippen LogP contribution in [0.3, 0.4) is 0 Å². The monoisotopic (exact) mass is 302 g/mol. The lowest BCUT2D eigenvalue weighted by molar-refractivity contribution is 0.0610. The van der Waals surface area contributed by atoms with Crippen molar-refractivity contribution in [3.05, 3.63) is 34.3 Å². The zero-order chi connectivity index (χ0) is 16.0. The maximum absolute atomic E-state index is 12.8. The Morgan fingerprint density at radius 2 is 1.86 bits per heavy atom. The highest BCUT2D eigenvalue weighted by Crippen LogP contribution is 2.26. The van der Waals surface area contributed by atoms with Crippen LogP contribution in [0.4, 0.5) is 0 Å². The summed E-state index contributed by atoms with van der Waals surface area (Å²) in [4.78, 5) is 30.9. The van der Waals surface area contributed by atoms with E-state index >= 15 is 0 Å². The van der Waals surface area contributed by atoms with E-state index in [9.17, 15) is 9.59 Å². The molecule has 0 saturated carbocycles. The first kappa shape index (κ1) is 14.4. The van der Waals surface area contributed by atoms with Gasteiger partial charge in [-0.25, -0.2) is 0 Å². The van der Waals surface area contributed by atoms with E-state index in [1.807, 2.05) is 20.8 Å². The summed E-state index contributed by atoms with van der Waals surface area (Å²) in [7, 11) is 0. The van der Waals surface area contributed by atoms with Crippen LogP contribution in [-0.4, -0.2) is 47.7 Å². The first-order chi connectivity index (χ1) is 10.4. The largest absolute Gasteiger partial charge is 0.333 e. The number of carbonyl (C=O) groups excluding carboxylic acids is 1. The van der Waals surface area contributed by atoms with Gasteiger partial charge in [0.05, 0.1) is 6.04 Å². The number of hydrogen-bond donors (Lipinski definition) is 0. The van der Waals surface area contributed by atoms with E-state index in [4.69, 9.17) is 0 Å². The molecule has 0 unspecified atom stereocenters. The molecule has 3 rings (SSSR count). The van der Waals surface area contributed by atoms with E-state index in [0.29, 0.717) is 23.8 Å². The topological polar surface area (TPSA) is 85.9 Å². The molecular weight excluding hydrogens is 284 g/mol. The molecule has 0 aromatic carbocycles. The average molecular weight is 302 g/mol. The van der Waals surface area contributed by atoms with Gasteiger partial charge in [0.15, 0.2) is 0 Å². The number of nitrogens with zero attached hydrogens (tertiary/aromatic N) is 6. The third-order valence-electron chi connectivity index (χ3n) is 3.97. The number of rotatable bonds is 2.